The fraction of sp³-hybridized carbons (Fsp3) is 0.0667. The quantitative estimate of drug-likeness (QED) is 0.610. The average Bonchev–Trinajstić information content (AvgIpc) is 3.15. The van der Waals surface area contributed by atoms with E-state index in [2.05, 4.69) is 49.5 Å². The predicted octanol–water partition coefficient (Wildman–Crippen LogP) is 2.49. The first kappa shape index (κ1) is 11.8. The number of nitrogens with zero attached hydrogens (tertiary/aromatic N) is 5. The molecule has 0 bridgehead atoms. The van der Waals surface area contributed by atoms with Crippen LogP contribution in [0.1, 0.15) is 5.82 Å². The second-order valence-electron chi connectivity index (χ2n) is 4.81. The third kappa shape index (κ3) is 2.06. The zero-order chi connectivity index (χ0) is 14.2. The first-order chi connectivity index (χ1) is 10.3. The van der Waals surface area contributed by atoms with Gasteiger partial charge in [0.05, 0.1) is 6.20 Å². The summed E-state index contributed by atoms with van der Waals surface area (Å²) in [6.45, 7) is 1.86. The molecule has 0 aliphatic heterocycles. The highest BCUT2D eigenvalue weighted by Crippen LogP contribution is 2.23. The van der Waals surface area contributed by atoms with Gasteiger partial charge in [-0.25, -0.2) is 9.50 Å². The largest absolute Gasteiger partial charge is 0.285 e. The first-order valence-electron chi connectivity index (χ1n) is 6.58. The van der Waals surface area contributed by atoms with Crippen molar-refractivity contribution < 1.29 is 0 Å². The lowest BCUT2D eigenvalue weighted by atomic mass is 10.0. The Labute approximate surface area is 120 Å². The van der Waals surface area contributed by atoms with E-state index in [0.717, 1.165) is 28.1 Å². The molecular weight excluding hydrogens is 264 g/mol. The van der Waals surface area contributed by atoms with E-state index >= 15 is 0 Å². The summed E-state index contributed by atoms with van der Waals surface area (Å²) < 4.78 is 1.70. The normalized spacial score (nSPS) is 11.1. The van der Waals surface area contributed by atoms with Crippen LogP contribution in [0.2, 0.25) is 0 Å². The van der Waals surface area contributed by atoms with Crippen LogP contribution >= 0.6 is 0 Å². The SMILES string of the molecule is Cc1nc2ncc(-c3ccc(-c4cn[nH]c4)cc3)cn2n1. The Kier molecular flexibility index (Phi) is 2.53. The molecule has 3 aromatic heterocycles. The summed E-state index contributed by atoms with van der Waals surface area (Å²) in [4.78, 5) is 8.55. The van der Waals surface area contributed by atoms with Crippen molar-refractivity contribution in [3.8, 4) is 22.3 Å². The molecule has 1 N–H and O–H groups in total. The molecule has 0 spiro atoms. The first-order valence-corrected chi connectivity index (χ1v) is 6.58. The molecule has 6 nitrogen and oxygen atoms in total. The maximum Gasteiger partial charge on any atom is 0.252 e. The van der Waals surface area contributed by atoms with E-state index in [9.17, 15) is 0 Å². The number of hydrogen-bond acceptors (Lipinski definition) is 4. The Morgan fingerprint density at radius 3 is 2.43 bits per heavy atom. The molecule has 0 unspecified atom stereocenters. The van der Waals surface area contributed by atoms with Gasteiger partial charge >= 0.3 is 0 Å². The van der Waals surface area contributed by atoms with E-state index in [4.69, 9.17) is 0 Å². The Morgan fingerprint density at radius 2 is 1.71 bits per heavy atom. The molecule has 0 radical (unpaired) electrons. The van der Waals surface area contributed by atoms with Crippen molar-refractivity contribution >= 4 is 5.78 Å². The van der Waals surface area contributed by atoms with Gasteiger partial charge in [-0.05, 0) is 18.1 Å². The van der Waals surface area contributed by atoms with Crippen molar-refractivity contribution in [1.29, 1.82) is 0 Å². The van der Waals surface area contributed by atoms with Gasteiger partial charge in [-0.3, -0.25) is 5.10 Å². The minimum Gasteiger partial charge on any atom is -0.285 e. The Balaban J connectivity index is 1.74. The fourth-order valence-electron chi connectivity index (χ4n) is 2.30. The summed E-state index contributed by atoms with van der Waals surface area (Å²) in [6.07, 6.45) is 7.44. The summed E-state index contributed by atoms with van der Waals surface area (Å²) in [5.74, 6) is 1.33. The maximum absolute atomic E-state index is 4.33. The zero-order valence-electron chi connectivity index (χ0n) is 11.4. The number of aryl methyl sites for hydroxylation is 1. The van der Waals surface area contributed by atoms with Crippen LogP contribution in [-0.4, -0.2) is 29.8 Å². The van der Waals surface area contributed by atoms with Crippen molar-refractivity contribution in [2.24, 2.45) is 0 Å². The van der Waals surface area contributed by atoms with Crippen molar-refractivity contribution in [1.82, 2.24) is 29.8 Å². The second kappa shape index (κ2) is 4.52. The molecule has 3 heterocycles. The topological polar surface area (TPSA) is 71.8 Å². The standard InChI is InChI=1S/C15H12N6/c1-10-19-15-16-6-14(9-21(15)20-10)12-4-2-11(3-5-12)13-7-17-18-8-13/h2-9H,1H3,(H,17,18). The van der Waals surface area contributed by atoms with Crippen LogP contribution in [-0.2, 0) is 0 Å². The number of hydrogen-bond donors (Lipinski definition) is 1. The number of benzene rings is 1. The van der Waals surface area contributed by atoms with E-state index in [1.54, 1.807) is 10.7 Å². The molecule has 6 heteroatoms. The second-order valence-corrected chi connectivity index (χ2v) is 4.81. The Bertz CT molecular complexity index is 890. The van der Waals surface area contributed by atoms with E-state index in [-0.39, 0.29) is 0 Å². The summed E-state index contributed by atoms with van der Waals surface area (Å²) in [7, 11) is 0. The molecule has 0 saturated heterocycles. The lowest BCUT2D eigenvalue weighted by molar-refractivity contribution is 0.918. The molecule has 0 atom stereocenters. The third-order valence-electron chi connectivity index (χ3n) is 3.35. The highest BCUT2D eigenvalue weighted by molar-refractivity contribution is 5.69. The number of aromatic nitrogens is 6. The maximum atomic E-state index is 4.33. The third-order valence-corrected chi connectivity index (χ3v) is 3.35. The average molecular weight is 276 g/mol. The van der Waals surface area contributed by atoms with Gasteiger partial charge in [0.2, 0.25) is 0 Å². The molecule has 0 aliphatic rings. The number of rotatable bonds is 2. The molecule has 4 rings (SSSR count). The summed E-state index contributed by atoms with van der Waals surface area (Å²) in [5, 5.41) is 11.1. The summed E-state index contributed by atoms with van der Waals surface area (Å²) >= 11 is 0. The zero-order valence-corrected chi connectivity index (χ0v) is 11.4. The summed E-state index contributed by atoms with van der Waals surface area (Å²) in [5.41, 5.74) is 4.29. The van der Waals surface area contributed by atoms with Crippen molar-refractivity contribution in [2.45, 2.75) is 6.92 Å². The van der Waals surface area contributed by atoms with Gasteiger partial charge in [0.15, 0.2) is 0 Å². The molecule has 21 heavy (non-hydrogen) atoms. The van der Waals surface area contributed by atoms with Crippen LogP contribution in [0.4, 0.5) is 0 Å². The van der Waals surface area contributed by atoms with E-state index in [1.165, 1.54) is 0 Å². The molecule has 102 valence electrons. The molecule has 0 aliphatic carbocycles. The van der Waals surface area contributed by atoms with E-state index < -0.39 is 0 Å². The van der Waals surface area contributed by atoms with Gasteiger partial charge in [-0.1, -0.05) is 24.3 Å². The fourth-order valence-corrected chi connectivity index (χ4v) is 2.30. The van der Waals surface area contributed by atoms with Gasteiger partial charge in [-0.15, -0.1) is 0 Å². The van der Waals surface area contributed by atoms with E-state index in [1.807, 2.05) is 25.5 Å². The lowest BCUT2D eigenvalue weighted by Gasteiger charge is -2.03. The molecular formula is C15H12N6. The van der Waals surface area contributed by atoms with Gasteiger partial charge < -0.3 is 0 Å². The smallest absolute Gasteiger partial charge is 0.252 e. The van der Waals surface area contributed by atoms with Crippen LogP contribution in [0.25, 0.3) is 28.0 Å². The minimum absolute atomic E-state index is 0.617. The molecule has 0 fully saturated rings. The van der Waals surface area contributed by atoms with Crippen LogP contribution in [0, 0.1) is 6.92 Å². The minimum atomic E-state index is 0.617. The van der Waals surface area contributed by atoms with Crippen molar-refractivity contribution in [2.75, 3.05) is 0 Å². The molecule has 4 aromatic rings. The van der Waals surface area contributed by atoms with Crippen LogP contribution in [0.15, 0.2) is 49.1 Å². The number of H-pyrrole nitrogens is 1. The predicted molar refractivity (Wildman–Crippen MR) is 78.5 cm³/mol. The Hall–Kier alpha value is -3.02. The monoisotopic (exact) mass is 276 g/mol. The molecule has 0 saturated carbocycles. The van der Waals surface area contributed by atoms with Crippen molar-refractivity contribution in [3.63, 3.8) is 0 Å². The molecule has 0 amide bonds. The number of nitrogens with one attached hydrogen (secondary N) is 1. The van der Waals surface area contributed by atoms with Crippen LogP contribution < -0.4 is 0 Å². The Morgan fingerprint density at radius 1 is 0.952 bits per heavy atom. The highest BCUT2D eigenvalue weighted by Gasteiger charge is 2.05. The van der Waals surface area contributed by atoms with Crippen LogP contribution in [0.3, 0.4) is 0 Å². The van der Waals surface area contributed by atoms with Gasteiger partial charge in [0.25, 0.3) is 5.78 Å². The van der Waals surface area contributed by atoms with Gasteiger partial charge in [0, 0.05) is 29.7 Å². The number of aromatic amines is 1. The van der Waals surface area contributed by atoms with Crippen molar-refractivity contribution in [3.05, 3.63) is 54.9 Å². The summed E-state index contributed by atoms with van der Waals surface area (Å²) in [6, 6.07) is 8.26. The van der Waals surface area contributed by atoms with Gasteiger partial charge in [-0.2, -0.15) is 15.2 Å². The van der Waals surface area contributed by atoms with E-state index in [0.29, 0.717) is 5.78 Å². The van der Waals surface area contributed by atoms with Crippen LogP contribution in [0.5, 0.6) is 0 Å². The lowest BCUT2D eigenvalue weighted by Crippen LogP contribution is -1.92. The molecule has 1 aromatic carbocycles. The van der Waals surface area contributed by atoms with Gasteiger partial charge in [0.1, 0.15) is 5.82 Å². The number of fused-ring (bicyclic) bond motifs is 1. The highest BCUT2D eigenvalue weighted by atomic mass is 15.3.